The zero-order valence-corrected chi connectivity index (χ0v) is 16.1. The van der Waals surface area contributed by atoms with Crippen LogP contribution in [0.3, 0.4) is 0 Å². The molecule has 3 aromatic rings. The molecule has 0 radical (unpaired) electrons. The first-order chi connectivity index (χ1) is 12.9. The van der Waals surface area contributed by atoms with Crippen LogP contribution in [0.1, 0.15) is 39.0 Å². The second-order valence-electron chi connectivity index (χ2n) is 6.66. The Hall–Kier alpha value is -3.08. The van der Waals surface area contributed by atoms with Crippen molar-refractivity contribution >= 4 is 28.2 Å². The number of nitrogens with zero attached hydrogens (tertiary/aromatic N) is 1. The quantitative estimate of drug-likeness (QED) is 0.524. The predicted molar refractivity (Wildman–Crippen MR) is 108 cm³/mol. The summed E-state index contributed by atoms with van der Waals surface area (Å²) >= 11 is 0. The molecule has 140 valence electrons. The standard InChI is InChI=1S/C22H24N2O3/c1-5-27-22(26)21-15(3)23-14(2)20(21)19(25)13-24(4)18-11-10-16-8-6-7-9-17(16)12-18/h6-12,23H,5,13H2,1-4H3. The van der Waals surface area contributed by atoms with Crippen LogP contribution >= 0.6 is 0 Å². The number of fused-ring (bicyclic) bond motifs is 1. The second-order valence-corrected chi connectivity index (χ2v) is 6.66. The minimum atomic E-state index is -0.462. The van der Waals surface area contributed by atoms with E-state index < -0.39 is 5.97 Å². The molecular formula is C22H24N2O3. The molecule has 0 aliphatic rings. The van der Waals surface area contributed by atoms with E-state index in [9.17, 15) is 9.59 Å². The first-order valence-corrected chi connectivity index (χ1v) is 9.01. The first-order valence-electron chi connectivity index (χ1n) is 9.01. The molecule has 0 saturated heterocycles. The molecule has 0 amide bonds. The van der Waals surface area contributed by atoms with E-state index in [4.69, 9.17) is 4.74 Å². The molecule has 5 nitrogen and oxygen atoms in total. The number of hydrogen-bond acceptors (Lipinski definition) is 4. The minimum Gasteiger partial charge on any atom is -0.462 e. The highest BCUT2D eigenvalue weighted by atomic mass is 16.5. The lowest BCUT2D eigenvalue weighted by atomic mass is 10.0. The van der Waals surface area contributed by atoms with Gasteiger partial charge in [-0.1, -0.05) is 30.3 Å². The van der Waals surface area contributed by atoms with E-state index in [2.05, 4.69) is 17.1 Å². The Kier molecular flexibility index (Phi) is 5.31. The van der Waals surface area contributed by atoms with Gasteiger partial charge in [0.15, 0.2) is 5.78 Å². The largest absolute Gasteiger partial charge is 0.462 e. The average Bonchev–Trinajstić information content (AvgIpc) is 2.95. The minimum absolute atomic E-state index is 0.115. The van der Waals surface area contributed by atoms with Gasteiger partial charge in [0.25, 0.3) is 0 Å². The van der Waals surface area contributed by atoms with Crippen molar-refractivity contribution in [3.63, 3.8) is 0 Å². The Bertz CT molecular complexity index is 1000. The maximum Gasteiger partial charge on any atom is 0.340 e. The molecule has 0 bridgehead atoms. The lowest BCUT2D eigenvalue weighted by molar-refractivity contribution is 0.0522. The van der Waals surface area contributed by atoms with Gasteiger partial charge in [0.2, 0.25) is 0 Å². The molecule has 1 heterocycles. The smallest absolute Gasteiger partial charge is 0.340 e. The summed E-state index contributed by atoms with van der Waals surface area (Å²) in [5, 5.41) is 2.28. The number of nitrogens with one attached hydrogen (secondary N) is 1. The molecule has 1 N–H and O–H groups in total. The monoisotopic (exact) mass is 364 g/mol. The van der Waals surface area contributed by atoms with Crippen LogP contribution in [-0.2, 0) is 4.74 Å². The Balaban J connectivity index is 1.87. The van der Waals surface area contributed by atoms with E-state index in [1.807, 2.05) is 42.3 Å². The van der Waals surface area contributed by atoms with Gasteiger partial charge in [0.05, 0.1) is 24.3 Å². The maximum absolute atomic E-state index is 13.0. The second kappa shape index (κ2) is 7.66. The summed E-state index contributed by atoms with van der Waals surface area (Å²) in [5.74, 6) is -0.577. The number of ketones is 1. The summed E-state index contributed by atoms with van der Waals surface area (Å²) in [6, 6.07) is 14.2. The third kappa shape index (κ3) is 3.72. The normalized spacial score (nSPS) is 10.8. The van der Waals surface area contributed by atoms with Crippen molar-refractivity contribution in [2.24, 2.45) is 0 Å². The Labute approximate surface area is 158 Å². The van der Waals surface area contributed by atoms with Crippen LogP contribution in [0.15, 0.2) is 42.5 Å². The number of H-pyrrole nitrogens is 1. The van der Waals surface area contributed by atoms with Gasteiger partial charge in [-0.05, 0) is 43.7 Å². The van der Waals surface area contributed by atoms with E-state index >= 15 is 0 Å². The third-order valence-electron chi connectivity index (χ3n) is 4.69. The fourth-order valence-corrected chi connectivity index (χ4v) is 3.39. The maximum atomic E-state index is 13.0. The van der Waals surface area contributed by atoms with Crippen LogP contribution in [0.4, 0.5) is 5.69 Å². The molecule has 3 rings (SSSR count). The van der Waals surface area contributed by atoms with Crippen LogP contribution in [0, 0.1) is 13.8 Å². The van der Waals surface area contributed by atoms with E-state index in [0.717, 1.165) is 16.5 Å². The van der Waals surface area contributed by atoms with Gasteiger partial charge in [-0.3, -0.25) is 4.79 Å². The number of aromatic nitrogens is 1. The lowest BCUT2D eigenvalue weighted by Crippen LogP contribution is -2.27. The predicted octanol–water partition coefficient (Wildman–Crippen LogP) is 4.28. The molecule has 0 atom stereocenters. The fraction of sp³-hybridized carbons (Fsp3) is 0.273. The summed E-state index contributed by atoms with van der Waals surface area (Å²) in [5.41, 5.74) is 3.05. The number of carbonyl (C=O) groups excluding carboxylic acids is 2. The van der Waals surface area contributed by atoms with Crippen LogP contribution in [0.2, 0.25) is 0 Å². The number of likely N-dealkylation sites (N-methyl/N-ethyl adjacent to an activating group) is 1. The van der Waals surface area contributed by atoms with Gasteiger partial charge in [-0.15, -0.1) is 0 Å². The Morgan fingerprint density at radius 2 is 1.67 bits per heavy atom. The van der Waals surface area contributed by atoms with E-state index in [1.54, 1.807) is 20.8 Å². The summed E-state index contributed by atoms with van der Waals surface area (Å²) in [6.07, 6.45) is 0. The van der Waals surface area contributed by atoms with E-state index in [1.165, 1.54) is 0 Å². The molecule has 5 heteroatoms. The van der Waals surface area contributed by atoms with Gasteiger partial charge in [-0.25, -0.2) is 4.79 Å². The van der Waals surface area contributed by atoms with E-state index in [-0.39, 0.29) is 18.9 Å². The van der Waals surface area contributed by atoms with Crippen molar-refractivity contribution < 1.29 is 14.3 Å². The van der Waals surface area contributed by atoms with Crippen LogP contribution in [0.25, 0.3) is 10.8 Å². The fourth-order valence-electron chi connectivity index (χ4n) is 3.39. The number of anilines is 1. The lowest BCUT2D eigenvalue weighted by Gasteiger charge is -2.19. The molecule has 0 aliphatic carbocycles. The summed E-state index contributed by atoms with van der Waals surface area (Å²) in [6.45, 7) is 5.78. The number of aryl methyl sites for hydroxylation is 2. The van der Waals surface area contributed by atoms with E-state index in [0.29, 0.717) is 22.5 Å². The van der Waals surface area contributed by atoms with Crippen molar-refractivity contribution in [1.82, 2.24) is 4.98 Å². The zero-order chi connectivity index (χ0) is 19.6. The van der Waals surface area contributed by atoms with Gasteiger partial charge in [-0.2, -0.15) is 0 Å². The van der Waals surface area contributed by atoms with Crippen LogP contribution in [-0.4, -0.2) is 36.9 Å². The number of Topliss-reactive ketones (excluding diaryl/α,β-unsaturated/α-hetero) is 1. The highest BCUT2D eigenvalue weighted by Gasteiger charge is 2.26. The topological polar surface area (TPSA) is 62.4 Å². The molecule has 1 aromatic heterocycles. The van der Waals surface area contributed by atoms with Gasteiger partial charge >= 0.3 is 5.97 Å². The Morgan fingerprint density at radius 3 is 2.37 bits per heavy atom. The molecule has 0 aliphatic heterocycles. The Morgan fingerprint density at radius 1 is 1.00 bits per heavy atom. The molecular weight excluding hydrogens is 340 g/mol. The molecule has 0 saturated carbocycles. The highest BCUT2D eigenvalue weighted by molar-refractivity contribution is 6.09. The van der Waals surface area contributed by atoms with Gasteiger partial charge in [0, 0.05) is 24.1 Å². The van der Waals surface area contributed by atoms with Gasteiger partial charge < -0.3 is 14.6 Å². The van der Waals surface area contributed by atoms with Crippen molar-refractivity contribution in [2.45, 2.75) is 20.8 Å². The zero-order valence-electron chi connectivity index (χ0n) is 16.1. The SMILES string of the molecule is CCOC(=O)c1c(C)[nH]c(C)c1C(=O)CN(C)c1ccc2ccccc2c1. The van der Waals surface area contributed by atoms with Gasteiger partial charge in [0.1, 0.15) is 0 Å². The molecule has 2 aromatic carbocycles. The molecule has 0 spiro atoms. The summed E-state index contributed by atoms with van der Waals surface area (Å²) in [4.78, 5) is 30.3. The number of rotatable bonds is 6. The molecule has 0 unspecified atom stereocenters. The van der Waals surface area contributed by atoms with Crippen molar-refractivity contribution in [2.75, 3.05) is 25.1 Å². The third-order valence-corrected chi connectivity index (χ3v) is 4.69. The van der Waals surface area contributed by atoms with Crippen LogP contribution < -0.4 is 4.90 Å². The van der Waals surface area contributed by atoms with Crippen molar-refractivity contribution in [3.8, 4) is 0 Å². The molecule has 0 fully saturated rings. The summed E-state index contributed by atoms with van der Waals surface area (Å²) < 4.78 is 5.13. The van der Waals surface area contributed by atoms with Crippen LogP contribution in [0.5, 0.6) is 0 Å². The number of esters is 1. The number of ether oxygens (including phenoxy) is 1. The number of benzene rings is 2. The number of carbonyl (C=O) groups is 2. The van der Waals surface area contributed by atoms with Crippen molar-refractivity contribution in [1.29, 1.82) is 0 Å². The molecule has 27 heavy (non-hydrogen) atoms. The number of hydrogen-bond donors (Lipinski definition) is 1. The highest BCUT2D eigenvalue weighted by Crippen LogP contribution is 2.24. The summed E-state index contributed by atoms with van der Waals surface area (Å²) in [7, 11) is 1.88. The first kappa shape index (κ1) is 18.7. The van der Waals surface area contributed by atoms with Crippen molar-refractivity contribution in [3.05, 3.63) is 65.0 Å². The number of aromatic amines is 1. The average molecular weight is 364 g/mol.